The standard InChI is InChI=1S/C19H25ClN4O2S.HI/c1-24(2)18(25)14-23-19(21-10-9-16-4-3-12-26-16)22-11-13-27-17-7-5-15(20)6-8-17;/h3-8,12H,9-11,13-14H2,1-2H3,(H2,21,22,23);1H. The molecule has 1 amide bonds. The summed E-state index contributed by atoms with van der Waals surface area (Å²) in [5.41, 5.74) is 0. The average Bonchev–Trinajstić information content (AvgIpc) is 3.17. The van der Waals surface area contributed by atoms with Gasteiger partial charge in [-0.15, -0.1) is 35.7 Å². The lowest BCUT2D eigenvalue weighted by atomic mass is 10.3. The van der Waals surface area contributed by atoms with Crippen molar-refractivity contribution in [3.63, 3.8) is 0 Å². The predicted molar refractivity (Wildman–Crippen MR) is 127 cm³/mol. The number of carbonyl (C=O) groups is 1. The third-order valence-corrected chi connectivity index (χ3v) is 4.86. The summed E-state index contributed by atoms with van der Waals surface area (Å²) in [6, 6.07) is 11.6. The van der Waals surface area contributed by atoms with Crippen LogP contribution in [0.25, 0.3) is 0 Å². The van der Waals surface area contributed by atoms with Crippen LogP contribution in [0.2, 0.25) is 5.02 Å². The minimum Gasteiger partial charge on any atom is -0.469 e. The van der Waals surface area contributed by atoms with Gasteiger partial charge in [0, 0.05) is 49.3 Å². The monoisotopic (exact) mass is 536 g/mol. The highest BCUT2D eigenvalue weighted by Crippen LogP contribution is 2.19. The number of carbonyl (C=O) groups excluding carboxylic acids is 1. The first-order chi connectivity index (χ1) is 13.0. The molecule has 1 aromatic carbocycles. The Labute approximate surface area is 192 Å². The molecule has 0 saturated heterocycles. The zero-order valence-corrected chi connectivity index (χ0v) is 19.9. The summed E-state index contributed by atoms with van der Waals surface area (Å²) in [6.07, 6.45) is 2.40. The summed E-state index contributed by atoms with van der Waals surface area (Å²) >= 11 is 7.63. The fourth-order valence-electron chi connectivity index (χ4n) is 2.09. The van der Waals surface area contributed by atoms with Crippen molar-refractivity contribution in [2.45, 2.75) is 11.3 Å². The molecular formula is C19H26ClIN4O2S. The second-order valence-corrected chi connectivity index (χ2v) is 7.54. The van der Waals surface area contributed by atoms with E-state index in [1.807, 2.05) is 36.4 Å². The molecule has 0 atom stereocenters. The largest absolute Gasteiger partial charge is 0.469 e. The van der Waals surface area contributed by atoms with E-state index >= 15 is 0 Å². The van der Waals surface area contributed by atoms with Crippen LogP contribution in [-0.2, 0) is 11.2 Å². The second-order valence-electron chi connectivity index (χ2n) is 5.94. The van der Waals surface area contributed by atoms with E-state index in [4.69, 9.17) is 16.0 Å². The van der Waals surface area contributed by atoms with Crippen LogP contribution in [0.3, 0.4) is 0 Å². The van der Waals surface area contributed by atoms with Gasteiger partial charge >= 0.3 is 0 Å². The van der Waals surface area contributed by atoms with E-state index in [0.29, 0.717) is 12.5 Å². The third kappa shape index (κ3) is 9.70. The first-order valence-corrected chi connectivity index (χ1v) is 10.0. The molecule has 0 saturated carbocycles. The lowest BCUT2D eigenvalue weighted by Crippen LogP contribution is -2.40. The Morgan fingerprint density at radius 3 is 2.54 bits per heavy atom. The van der Waals surface area contributed by atoms with Crippen molar-refractivity contribution in [3.8, 4) is 0 Å². The van der Waals surface area contributed by atoms with Crippen molar-refractivity contribution < 1.29 is 9.21 Å². The van der Waals surface area contributed by atoms with Crippen molar-refractivity contribution in [2.75, 3.05) is 39.5 Å². The number of hydrogen-bond donors (Lipinski definition) is 2. The number of aliphatic imine (C=N–C) groups is 1. The van der Waals surface area contributed by atoms with E-state index in [2.05, 4.69) is 15.6 Å². The highest BCUT2D eigenvalue weighted by molar-refractivity contribution is 14.0. The molecule has 0 unspecified atom stereocenters. The molecule has 0 aliphatic rings. The van der Waals surface area contributed by atoms with Gasteiger partial charge in [-0.1, -0.05) is 11.6 Å². The quantitative estimate of drug-likeness (QED) is 0.169. The summed E-state index contributed by atoms with van der Waals surface area (Å²) in [7, 11) is 3.44. The van der Waals surface area contributed by atoms with Gasteiger partial charge in [-0.05, 0) is 36.4 Å². The molecule has 6 nitrogen and oxygen atoms in total. The molecule has 0 aliphatic heterocycles. The van der Waals surface area contributed by atoms with Crippen LogP contribution in [0.15, 0.2) is 57.0 Å². The molecule has 0 bridgehead atoms. The Balaban J connectivity index is 0.00000392. The molecule has 1 heterocycles. The zero-order chi connectivity index (χ0) is 19.5. The number of furan rings is 1. The van der Waals surface area contributed by atoms with Gasteiger partial charge in [0.25, 0.3) is 0 Å². The molecule has 0 spiro atoms. The number of likely N-dealkylation sites (N-methyl/N-ethyl adjacent to an activating group) is 1. The van der Waals surface area contributed by atoms with Crippen LogP contribution in [0, 0.1) is 0 Å². The summed E-state index contributed by atoms with van der Waals surface area (Å²) < 4.78 is 5.33. The summed E-state index contributed by atoms with van der Waals surface area (Å²) in [5, 5.41) is 7.24. The van der Waals surface area contributed by atoms with Crippen LogP contribution in [0.4, 0.5) is 0 Å². The number of guanidine groups is 1. The number of nitrogens with one attached hydrogen (secondary N) is 2. The maximum Gasteiger partial charge on any atom is 0.243 e. The first-order valence-electron chi connectivity index (χ1n) is 8.67. The van der Waals surface area contributed by atoms with Crippen molar-refractivity contribution in [1.29, 1.82) is 0 Å². The van der Waals surface area contributed by atoms with E-state index in [0.717, 1.165) is 34.4 Å². The van der Waals surface area contributed by atoms with Gasteiger partial charge in [-0.2, -0.15) is 0 Å². The van der Waals surface area contributed by atoms with E-state index in [-0.39, 0.29) is 36.4 Å². The molecule has 2 rings (SSSR count). The Hall–Kier alpha value is -1.39. The van der Waals surface area contributed by atoms with Crippen molar-refractivity contribution in [2.24, 2.45) is 4.99 Å². The Morgan fingerprint density at radius 2 is 1.89 bits per heavy atom. The minimum atomic E-state index is -0.0438. The Morgan fingerprint density at radius 1 is 1.18 bits per heavy atom. The smallest absolute Gasteiger partial charge is 0.243 e. The highest BCUT2D eigenvalue weighted by atomic mass is 127. The molecule has 2 N–H and O–H groups in total. The number of rotatable bonds is 9. The Bertz CT molecular complexity index is 724. The number of halogens is 2. The van der Waals surface area contributed by atoms with E-state index in [1.54, 1.807) is 32.1 Å². The highest BCUT2D eigenvalue weighted by Gasteiger charge is 2.05. The van der Waals surface area contributed by atoms with Gasteiger partial charge < -0.3 is 20.0 Å². The fraction of sp³-hybridized carbons (Fsp3) is 0.368. The lowest BCUT2D eigenvalue weighted by Gasteiger charge is -2.13. The van der Waals surface area contributed by atoms with Crippen LogP contribution in [0.5, 0.6) is 0 Å². The van der Waals surface area contributed by atoms with Gasteiger partial charge in [-0.25, -0.2) is 4.99 Å². The molecule has 1 aromatic heterocycles. The van der Waals surface area contributed by atoms with Crippen molar-refractivity contribution >= 4 is 59.2 Å². The molecular weight excluding hydrogens is 511 g/mol. The lowest BCUT2D eigenvalue weighted by molar-refractivity contribution is -0.127. The number of nitrogens with zero attached hydrogens (tertiary/aromatic N) is 2. The molecule has 9 heteroatoms. The van der Waals surface area contributed by atoms with Crippen LogP contribution >= 0.6 is 47.3 Å². The SMILES string of the molecule is CN(C)C(=O)CN=C(NCCSc1ccc(Cl)cc1)NCCc1ccco1.I. The molecule has 0 fully saturated rings. The number of hydrogen-bond acceptors (Lipinski definition) is 4. The predicted octanol–water partition coefficient (Wildman–Crippen LogP) is 3.51. The van der Waals surface area contributed by atoms with Crippen molar-refractivity contribution in [3.05, 3.63) is 53.4 Å². The molecule has 0 radical (unpaired) electrons. The van der Waals surface area contributed by atoms with Crippen molar-refractivity contribution in [1.82, 2.24) is 15.5 Å². The summed E-state index contributed by atoms with van der Waals surface area (Å²) in [5.74, 6) is 2.35. The maximum atomic E-state index is 11.8. The topological polar surface area (TPSA) is 69.9 Å². The van der Waals surface area contributed by atoms with E-state index in [9.17, 15) is 4.79 Å². The number of benzene rings is 1. The zero-order valence-electron chi connectivity index (χ0n) is 16.0. The normalized spacial score (nSPS) is 10.9. The molecule has 154 valence electrons. The molecule has 28 heavy (non-hydrogen) atoms. The fourth-order valence-corrected chi connectivity index (χ4v) is 2.98. The van der Waals surface area contributed by atoms with Gasteiger partial charge in [0.2, 0.25) is 5.91 Å². The van der Waals surface area contributed by atoms with Gasteiger partial charge in [0.1, 0.15) is 12.3 Å². The summed E-state index contributed by atoms with van der Waals surface area (Å²) in [4.78, 5) is 18.8. The minimum absolute atomic E-state index is 0. The number of amides is 1. The van der Waals surface area contributed by atoms with E-state index < -0.39 is 0 Å². The van der Waals surface area contributed by atoms with Gasteiger partial charge in [-0.3, -0.25) is 4.79 Å². The van der Waals surface area contributed by atoms with Crippen LogP contribution in [0.1, 0.15) is 5.76 Å². The second kappa shape index (κ2) is 13.7. The third-order valence-electron chi connectivity index (χ3n) is 3.59. The van der Waals surface area contributed by atoms with E-state index in [1.165, 1.54) is 4.90 Å². The van der Waals surface area contributed by atoms with Gasteiger partial charge in [0.05, 0.1) is 6.26 Å². The number of thioether (sulfide) groups is 1. The van der Waals surface area contributed by atoms with Crippen LogP contribution in [-0.4, -0.2) is 56.2 Å². The molecule has 2 aromatic rings. The maximum absolute atomic E-state index is 11.8. The average molecular weight is 537 g/mol. The van der Waals surface area contributed by atoms with Crippen LogP contribution < -0.4 is 10.6 Å². The first kappa shape index (κ1) is 24.6. The molecule has 0 aliphatic carbocycles. The Kier molecular flexibility index (Phi) is 12.1. The van der Waals surface area contributed by atoms with Gasteiger partial charge in [0.15, 0.2) is 5.96 Å². The summed E-state index contributed by atoms with van der Waals surface area (Å²) in [6.45, 7) is 1.49.